The minimum atomic E-state index is 0.251. The molecule has 0 heterocycles. The first-order valence-electron chi connectivity index (χ1n) is 9.05. The summed E-state index contributed by atoms with van der Waals surface area (Å²) >= 11 is 0. The molecule has 0 bridgehead atoms. The van der Waals surface area contributed by atoms with Crippen molar-refractivity contribution in [1.82, 2.24) is 0 Å². The monoisotopic (exact) mass is 364 g/mol. The summed E-state index contributed by atoms with van der Waals surface area (Å²) in [6, 6.07) is 16.2. The van der Waals surface area contributed by atoms with Crippen LogP contribution in [0.25, 0.3) is 0 Å². The van der Waals surface area contributed by atoms with Gasteiger partial charge in [-0.3, -0.25) is 0 Å². The van der Waals surface area contributed by atoms with E-state index in [9.17, 15) is 15.3 Å². The van der Waals surface area contributed by atoms with Crippen LogP contribution in [0.4, 0.5) is 0 Å². The summed E-state index contributed by atoms with van der Waals surface area (Å²) in [7, 11) is 0. The first-order chi connectivity index (χ1) is 12.7. The van der Waals surface area contributed by atoms with Crippen molar-refractivity contribution in [2.45, 2.75) is 40.5 Å². The van der Waals surface area contributed by atoms with Gasteiger partial charge in [0.1, 0.15) is 17.2 Å². The van der Waals surface area contributed by atoms with Crippen LogP contribution >= 0.6 is 0 Å². The van der Waals surface area contributed by atoms with Crippen molar-refractivity contribution >= 4 is 0 Å². The Morgan fingerprint density at radius 2 is 1.00 bits per heavy atom. The quantitative estimate of drug-likeness (QED) is 0.532. The van der Waals surface area contributed by atoms with Crippen LogP contribution in [0.2, 0.25) is 0 Å². The Balaban J connectivity index is 0.000000208. The molecule has 0 saturated carbocycles. The normalized spacial score (nSPS) is 10.4. The first kappa shape index (κ1) is 20.4. The first-order valence-corrected chi connectivity index (χ1v) is 9.05. The zero-order chi connectivity index (χ0) is 20.1. The molecule has 142 valence electrons. The summed E-state index contributed by atoms with van der Waals surface area (Å²) in [4.78, 5) is 0. The number of hydrogen-bond acceptors (Lipinski definition) is 3. The smallest absolute Gasteiger partial charge is 0.119 e. The van der Waals surface area contributed by atoms with Gasteiger partial charge in [-0.05, 0) is 91.4 Å². The summed E-state index contributed by atoms with van der Waals surface area (Å²) < 4.78 is 0. The summed E-state index contributed by atoms with van der Waals surface area (Å²) in [5.74, 6) is 1.22. The highest BCUT2D eigenvalue weighted by molar-refractivity contribution is 5.46. The van der Waals surface area contributed by atoms with Gasteiger partial charge in [-0.15, -0.1) is 0 Å². The van der Waals surface area contributed by atoms with Crippen molar-refractivity contribution in [1.29, 1.82) is 0 Å². The molecule has 0 aromatic heterocycles. The van der Waals surface area contributed by atoms with E-state index in [1.807, 2.05) is 51.1 Å². The number of hydrogen-bond donors (Lipinski definition) is 3. The van der Waals surface area contributed by atoms with Crippen molar-refractivity contribution in [3.8, 4) is 17.2 Å². The number of rotatable bonds is 2. The Morgan fingerprint density at radius 1 is 0.593 bits per heavy atom. The van der Waals surface area contributed by atoms with E-state index in [0.29, 0.717) is 5.75 Å². The lowest BCUT2D eigenvalue weighted by Gasteiger charge is -2.12. The second kappa shape index (κ2) is 8.63. The van der Waals surface area contributed by atoms with E-state index in [1.165, 1.54) is 11.1 Å². The largest absolute Gasteiger partial charge is 0.508 e. The molecule has 3 heteroatoms. The molecular weight excluding hydrogens is 336 g/mol. The lowest BCUT2D eigenvalue weighted by Crippen LogP contribution is -1.94. The van der Waals surface area contributed by atoms with Gasteiger partial charge < -0.3 is 15.3 Å². The molecule has 0 aliphatic carbocycles. The molecule has 3 aromatic carbocycles. The number of aromatic hydroxyl groups is 3. The fourth-order valence-corrected chi connectivity index (χ4v) is 2.91. The average molecular weight is 364 g/mol. The van der Waals surface area contributed by atoms with Crippen molar-refractivity contribution in [3.63, 3.8) is 0 Å². The zero-order valence-electron chi connectivity index (χ0n) is 16.6. The van der Waals surface area contributed by atoms with Crippen LogP contribution in [0.5, 0.6) is 17.2 Å². The Kier molecular flexibility index (Phi) is 6.51. The molecule has 0 atom stereocenters. The summed E-state index contributed by atoms with van der Waals surface area (Å²) in [6.07, 6.45) is 0. The Morgan fingerprint density at radius 3 is 1.41 bits per heavy atom. The van der Waals surface area contributed by atoms with Gasteiger partial charge in [-0.25, -0.2) is 0 Å². The summed E-state index contributed by atoms with van der Waals surface area (Å²) in [5, 5.41) is 27.8. The van der Waals surface area contributed by atoms with Gasteiger partial charge in [-0.2, -0.15) is 0 Å². The molecule has 0 amide bonds. The molecule has 3 N–H and O–H groups in total. The predicted molar refractivity (Wildman–Crippen MR) is 111 cm³/mol. The molecule has 3 rings (SSSR count). The SMILES string of the molecule is CC(c1ccc(O)cc1)c1ccc(O)cc1.Cc1cc(O)c(C)c(C)c1C. The summed E-state index contributed by atoms with van der Waals surface area (Å²) in [5.41, 5.74) is 6.91. The lowest BCUT2D eigenvalue weighted by atomic mass is 9.93. The fraction of sp³-hybridized carbons (Fsp3) is 0.250. The molecule has 0 saturated heterocycles. The molecule has 0 aliphatic rings. The molecular formula is C24H28O3. The molecule has 3 nitrogen and oxygen atoms in total. The number of benzene rings is 3. The van der Waals surface area contributed by atoms with E-state index >= 15 is 0 Å². The van der Waals surface area contributed by atoms with Crippen molar-refractivity contribution in [3.05, 3.63) is 88.0 Å². The molecule has 0 radical (unpaired) electrons. The molecule has 27 heavy (non-hydrogen) atoms. The third kappa shape index (κ3) is 5.04. The van der Waals surface area contributed by atoms with Gasteiger partial charge in [-0.1, -0.05) is 31.2 Å². The van der Waals surface area contributed by atoms with E-state index in [1.54, 1.807) is 24.3 Å². The van der Waals surface area contributed by atoms with Crippen molar-refractivity contribution in [2.24, 2.45) is 0 Å². The van der Waals surface area contributed by atoms with Crippen molar-refractivity contribution < 1.29 is 15.3 Å². The number of phenols is 3. The van der Waals surface area contributed by atoms with Crippen LogP contribution in [0.15, 0.2) is 54.6 Å². The second-order valence-electron chi connectivity index (χ2n) is 6.99. The van der Waals surface area contributed by atoms with Crippen LogP contribution in [0.1, 0.15) is 46.2 Å². The second-order valence-corrected chi connectivity index (χ2v) is 6.99. The minimum Gasteiger partial charge on any atom is -0.508 e. The minimum absolute atomic E-state index is 0.251. The van der Waals surface area contributed by atoms with Crippen LogP contribution in [-0.2, 0) is 0 Å². The average Bonchev–Trinajstić information content (AvgIpc) is 2.66. The highest BCUT2D eigenvalue weighted by Crippen LogP contribution is 2.27. The topological polar surface area (TPSA) is 60.7 Å². The van der Waals surface area contributed by atoms with Crippen molar-refractivity contribution in [2.75, 3.05) is 0 Å². The number of aryl methyl sites for hydroxylation is 1. The van der Waals surface area contributed by atoms with Gasteiger partial charge in [0.25, 0.3) is 0 Å². The molecule has 0 spiro atoms. The molecule has 0 unspecified atom stereocenters. The van der Waals surface area contributed by atoms with Gasteiger partial charge >= 0.3 is 0 Å². The zero-order valence-corrected chi connectivity index (χ0v) is 16.6. The maximum Gasteiger partial charge on any atom is 0.119 e. The predicted octanol–water partition coefficient (Wildman–Crippen LogP) is 5.88. The Labute approximate surface area is 161 Å². The third-order valence-electron chi connectivity index (χ3n) is 5.24. The molecule has 0 aliphatic heterocycles. The van der Waals surface area contributed by atoms with E-state index in [4.69, 9.17) is 0 Å². The van der Waals surface area contributed by atoms with Gasteiger partial charge in [0.05, 0.1) is 0 Å². The molecule has 0 fully saturated rings. The maximum atomic E-state index is 9.41. The lowest BCUT2D eigenvalue weighted by molar-refractivity contribution is 0.469. The van der Waals surface area contributed by atoms with Crippen LogP contribution in [0, 0.1) is 27.7 Å². The van der Waals surface area contributed by atoms with E-state index in [0.717, 1.165) is 22.3 Å². The van der Waals surface area contributed by atoms with Gasteiger partial charge in [0, 0.05) is 5.92 Å². The van der Waals surface area contributed by atoms with Crippen LogP contribution < -0.4 is 0 Å². The van der Waals surface area contributed by atoms with Gasteiger partial charge in [0.2, 0.25) is 0 Å². The van der Waals surface area contributed by atoms with E-state index in [2.05, 4.69) is 13.8 Å². The Hall–Kier alpha value is -2.94. The third-order valence-corrected chi connectivity index (χ3v) is 5.24. The fourth-order valence-electron chi connectivity index (χ4n) is 2.91. The summed E-state index contributed by atoms with van der Waals surface area (Å²) in [6.45, 7) is 10.2. The maximum absolute atomic E-state index is 9.41. The van der Waals surface area contributed by atoms with Crippen LogP contribution in [-0.4, -0.2) is 15.3 Å². The standard InChI is InChI=1S/C14H14O2.C10H14O/c1-10(11-2-6-13(15)7-3-11)12-4-8-14(16)9-5-12;1-6-5-10(11)9(4)8(3)7(6)2/h2-10,15-16H,1H3;5,11H,1-4H3. The van der Waals surface area contributed by atoms with E-state index < -0.39 is 0 Å². The Bertz CT molecular complexity index is 823. The highest BCUT2D eigenvalue weighted by atomic mass is 16.3. The van der Waals surface area contributed by atoms with E-state index in [-0.39, 0.29) is 17.4 Å². The molecule has 3 aromatic rings. The number of phenolic OH excluding ortho intramolecular Hbond substituents is 3. The van der Waals surface area contributed by atoms with Gasteiger partial charge in [0.15, 0.2) is 0 Å². The van der Waals surface area contributed by atoms with Crippen LogP contribution in [0.3, 0.4) is 0 Å². The highest BCUT2D eigenvalue weighted by Gasteiger charge is 2.08.